The van der Waals surface area contributed by atoms with Crippen LogP contribution >= 0.6 is 0 Å². The van der Waals surface area contributed by atoms with E-state index in [0.29, 0.717) is 11.3 Å². The summed E-state index contributed by atoms with van der Waals surface area (Å²) in [6, 6.07) is 12.6. The van der Waals surface area contributed by atoms with Gasteiger partial charge in [0, 0.05) is 11.3 Å². The molecule has 1 N–H and O–H groups in total. The van der Waals surface area contributed by atoms with E-state index < -0.39 is 0 Å². The third kappa shape index (κ3) is 3.95. The first-order chi connectivity index (χ1) is 10.6. The van der Waals surface area contributed by atoms with Crippen LogP contribution in [0.1, 0.15) is 28.4 Å². The summed E-state index contributed by atoms with van der Waals surface area (Å²) in [6.07, 6.45) is 1.62. The summed E-state index contributed by atoms with van der Waals surface area (Å²) in [5.74, 6) is 0.352. The fourth-order valence-electron chi connectivity index (χ4n) is 2.17. The molecule has 0 atom stereocenters. The van der Waals surface area contributed by atoms with Crippen LogP contribution in [0.2, 0.25) is 0 Å². The number of amides is 1. The lowest BCUT2D eigenvalue weighted by atomic mass is 10.1. The lowest BCUT2D eigenvalue weighted by Crippen LogP contribution is -2.21. The van der Waals surface area contributed by atoms with E-state index in [0.717, 1.165) is 29.5 Å². The first-order valence-corrected chi connectivity index (χ1v) is 7.20. The first kappa shape index (κ1) is 15.8. The molecular formula is C18H19NO3. The lowest BCUT2D eigenvalue weighted by Gasteiger charge is -2.13. The minimum atomic E-state index is -0.205. The number of aldehydes is 1. The van der Waals surface area contributed by atoms with Crippen LogP contribution in [-0.2, 0) is 11.2 Å². The number of aryl methyl sites for hydroxylation is 2. The normalized spacial score (nSPS) is 10.1. The third-order valence-electron chi connectivity index (χ3n) is 3.39. The van der Waals surface area contributed by atoms with Gasteiger partial charge < -0.3 is 10.1 Å². The van der Waals surface area contributed by atoms with E-state index in [-0.39, 0.29) is 12.5 Å². The zero-order chi connectivity index (χ0) is 15.9. The van der Waals surface area contributed by atoms with Crippen molar-refractivity contribution in [2.24, 2.45) is 0 Å². The smallest absolute Gasteiger partial charge is 0.262 e. The molecule has 0 unspecified atom stereocenters. The molecule has 0 aliphatic heterocycles. The van der Waals surface area contributed by atoms with E-state index in [1.54, 1.807) is 24.3 Å². The molecule has 4 nitrogen and oxygen atoms in total. The van der Waals surface area contributed by atoms with E-state index in [4.69, 9.17) is 4.74 Å². The quantitative estimate of drug-likeness (QED) is 0.832. The second-order valence-corrected chi connectivity index (χ2v) is 4.99. The number of anilines is 1. The molecule has 2 rings (SSSR count). The number of ether oxygens (including phenoxy) is 1. The molecule has 0 bridgehead atoms. The lowest BCUT2D eigenvalue weighted by molar-refractivity contribution is -0.118. The Hall–Kier alpha value is -2.62. The van der Waals surface area contributed by atoms with Gasteiger partial charge in [0.25, 0.3) is 5.91 Å². The molecule has 1 amide bonds. The van der Waals surface area contributed by atoms with Crippen LogP contribution in [0.15, 0.2) is 42.5 Å². The van der Waals surface area contributed by atoms with Gasteiger partial charge in [-0.25, -0.2) is 0 Å². The highest BCUT2D eigenvalue weighted by molar-refractivity contribution is 5.93. The summed E-state index contributed by atoms with van der Waals surface area (Å²) < 4.78 is 5.42. The topological polar surface area (TPSA) is 55.4 Å². The molecule has 2 aromatic carbocycles. The van der Waals surface area contributed by atoms with Gasteiger partial charge in [-0.3, -0.25) is 9.59 Å². The highest BCUT2D eigenvalue weighted by atomic mass is 16.5. The van der Waals surface area contributed by atoms with Crippen molar-refractivity contribution in [3.8, 4) is 5.75 Å². The summed E-state index contributed by atoms with van der Waals surface area (Å²) in [5, 5.41) is 2.90. The fourth-order valence-corrected chi connectivity index (χ4v) is 2.17. The van der Waals surface area contributed by atoms with Gasteiger partial charge in [0.2, 0.25) is 0 Å². The Bertz CT molecular complexity index is 663. The summed E-state index contributed by atoms with van der Waals surface area (Å²) in [4.78, 5) is 22.6. The monoisotopic (exact) mass is 297 g/mol. The molecule has 0 spiro atoms. The number of carbonyl (C=O) groups excluding carboxylic acids is 2. The Morgan fingerprint density at radius 1 is 1.18 bits per heavy atom. The maximum Gasteiger partial charge on any atom is 0.262 e. The Kier molecular flexibility index (Phi) is 5.31. The Balaban J connectivity index is 1.97. The van der Waals surface area contributed by atoms with E-state index in [2.05, 4.69) is 12.2 Å². The minimum absolute atomic E-state index is 0.0715. The van der Waals surface area contributed by atoms with E-state index in [1.165, 1.54) is 0 Å². The number of benzene rings is 2. The molecule has 114 valence electrons. The Morgan fingerprint density at radius 2 is 1.91 bits per heavy atom. The predicted molar refractivity (Wildman–Crippen MR) is 86.5 cm³/mol. The standard InChI is InChI=1S/C18H19NO3/c1-3-15-6-4-5-13(2)18(15)19-17(21)12-22-16-9-7-14(11-20)8-10-16/h4-11H,3,12H2,1-2H3,(H,19,21). The van der Waals surface area contributed by atoms with E-state index >= 15 is 0 Å². The summed E-state index contributed by atoms with van der Waals surface area (Å²) in [7, 11) is 0. The zero-order valence-corrected chi connectivity index (χ0v) is 12.8. The summed E-state index contributed by atoms with van der Waals surface area (Å²) in [5.41, 5.74) is 3.56. The maximum atomic E-state index is 12.0. The predicted octanol–water partition coefficient (Wildman–Crippen LogP) is 3.39. The summed E-state index contributed by atoms with van der Waals surface area (Å²) in [6.45, 7) is 3.95. The minimum Gasteiger partial charge on any atom is -0.484 e. The number of hydrogen-bond acceptors (Lipinski definition) is 3. The zero-order valence-electron chi connectivity index (χ0n) is 12.8. The second-order valence-electron chi connectivity index (χ2n) is 4.99. The van der Waals surface area contributed by atoms with Crippen LogP contribution in [0, 0.1) is 6.92 Å². The maximum absolute atomic E-state index is 12.0. The third-order valence-corrected chi connectivity index (χ3v) is 3.39. The number of nitrogens with one attached hydrogen (secondary N) is 1. The number of hydrogen-bond donors (Lipinski definition) is 1. The van der Waals surface area contributed by atoms with Crippen molar-refractivity contribution in [1.29, 1.82) is 0 Å². The van der Waals surface area contributed by atoms with Crippen molar-refractivity contribution in [1.82, 2.24) is 0 Å². The number of carbonyl (C=O) groups is 2. The molecule has 0 aliphatic rings. The van der Waals surface area contributed by atoms with Crippen molar-refractivity contribution in [2.75, 3.05) is 11.9 Å². The molecule has 22 heavy (non-hydrogen) atoms. The molecule has 0 aliphatic carbocycles. The van der Waals surface area contributed by atoms with E-state index in [9.17, 15) is 9.59 Å². The average molecular weight is 297 g/mol. The van der Waals surface area contributed by atoms with Crippen LogP contribution in [-0.4, -0.2) is 18.8 Å². The molecular weight excluding hydrogens is 278 g/mol. The highest BCUT2D eigenvalue weighted by Gasteiger charge is 2.09. The molecule has 2 aromatic rings. The molecule has 0 saturated carbocycles. The number of rotatable bonds is 6. The van der Waals surface area contributed by atoms with Crippen molar-refractivity contribution >= 4 is 17.9 Å². The van der Waals surface area contributed by atoms with Crippen LogP contribution in [0.3, 0.4) is 0 Å². The van der Waals surface area contributed by atoms with Gasteiger partial charge in [-0.05, 0) is 48.7 Å². The average Bonchev–Trinajstić information content (AvgIpc) is 2.55. The van der Waals surface area contributed by atoms with Gasteiger partial charge in [-0.1, -0.05) is 25.1 Å². The van der Waals surface area contributed by atoms with Gasteiger partial charge in [-0.15, -0.1) is 0 Å². The van der Waals surface area contributed by atoms with Gasteiger partial charge >= 0.3 is 0 Å². The SMILES string of the molecule is CCc1cccc(C)c1NC(=O)COc1ccc(C=O)cc1. The molecule has 0 fully saturated rings. The van der Waals surface area contributed by atoms with Gasteiger partial charge in [0.1, 0.15) is 12.0 Å². The van der Waals surface area contributed by atoms with E-state index in [1.807, 2.05) is 25.1 Å². The van der Waals surface area contributed by atoms with Crippen molar-refractivity contribution in [3.05, 3.63) is 59.2 Å². The Labute approximate surface area is 130 Å². The van der Waals surface area contributed by atoms with Crippen LogP contribution in [0.5, 0.6) is 5.75 Å². The van der Waals surface area contributed by atoms with Crippen molar-refractivity contribution in [2.45, 2.75) is 20.3 Å². The molecule has 0 aromatic heterocycles. The van der Waals surface area contributed by atoms with Crippen LogP contribution in [0.4, 0.5) is 5.69 Å². The largest absolute Gasteiger partial charge is 0.484 e. The second kappa shape index (κ2) is 7.41. The Morgan fingerprint density at radius 3 is 2.55 bits per heavy atom. The van der Waals surface area contributed by atoms with Crippen LogP contribution in [0.25, 0.3) is 0 Å². The molecule has 0 radical (unpaired) electrons. The number of para-hydroxylation sites is 1. The fraction of sp³-hybridized carbons (Fsp3) is 0.222. The van der Waals surface area contributed by atoms with Gasteiger partial charge in [0.15, 0.2) is 6.61 Å². The molecule has 4 heteroatoms. The van der Waals surface area contributed by atoms with Crippen LogP contribution < -0.4 is 10.1 Å². The molecule has 0 saturated heterocycles. The highest BCUT2D eigenvalue weighted by Crippen LogP contribution is 2.21. The van der Waals surface area contributed by atoms with Crippen molar-refractivity contribution < 1.29 is 14.3 Å². The first-order valence-electron chi connectivity index (χ1n) is 7.20. The van der Waals surface area contributed by atoms with Crippen molar-refractivity contribution in [3.63, 3.8) is 0 Å². The van der Waals surface area contributed by atoms with Gasteiger partial charge in [-0.2, -0.15) is 0 Å². The summed E-state index contributed by atoms with van der Waals surface area (Å²) >= 11 is 0. The molecule has 0 heterocycles. The van der Waals surface area contributed by atoms with Gasteiger partial charge in [0.05, 0.1) is 0 Å².